The lowest BCUT2D eigenvalue weighted by Crippen LogP contribution is -2.27. The van der Waals surface area contributed by atoms with E-state index in [-0.39, 0.29) is 12.4 Å². The predicted molar refractivity (Wildman–Crippen MR) is 48.8 cm³/mol. The van der Waals surface area contributed by atoms with Gasteiger partial charge in [-0.25, -0.2) is 0 Å². The number of carbonyl (C=O) groups is 2. The van der Waals surface area contributed by atoms with Gasteiger partial charge >= 0.3 is 5.97 Å². The van der Waals surface area contributed by atoms with Crippen molar-refractivity contribution in [2.24, 2.45) is 17.6 Å². The van der Waals surface area contributed by atoms with Crippen molar-refractivity contribution in [1.29, 1.82) is 0 Å². The van der Waals surface area contributed by atoms with Crippen LogP contribution >= 0.6 is 0 Å². The van der Waals surface area contributed by atoms with Crippen molar-refractivity contribution in [3.63, 3.8) is 0 Å². The third kappa shape index (κ3) is 5.22. The first-order valence-electron chi connectivity index (χ1n) is 4.33. The van der Waals surface area contributed by atoms with Crippen LogP contribution in [0.3, 0.4) is 0 Å². The third-order valence-corrected chi connectivity index (χ3v) is 1.80. The minimum atomic E-state index is -0.431. The van der Waals surface area contributed by atoms with Gasteiger partial charge in [0.25, 0.3) is 0 Å². The molecule has 0 unspecified atom stereocenters. The summed E-state index contributed by atoms with van der Waals surface area (Å²) in [6.07, 6.45) is 0.717. The Morgan fingerprint density at radius 2 is 1.92 bits per heavy atom. The number of hydrogen-bond acceptors (Lipinski definition) is 3. The zero-order chi connectivity index (χ0) is 10.4. The van der Waals surface area contributed by atoms with Gasteiger partial charge in [0.05, 0.1) is 13.5 Å². The third-order valence-electron chi connectivity index (χ3n) is 1.80. The van der Waals surface area contributed by atoms with Gasteiger partial charge in [-0.3, -0.25) is 9.59 Å². The molecule has 0 aliphatic carbocycles. The first kappa shape index (κ1) is 11.9. The van der Waals surface area contributed by atoms with Gasteiger partial charge < -0.3 is 10.5 Å². The topological polar surface area (TPSA) is 69.4 Å². The minimum Gasteiger partial charge on any atom is -0.469 e. The summed E-state index contributed by atoms with van der Waals surface area (Å²) in [4.78, 5) is 21.8. The van der Waals surface area contributed by atoms with E-state index in [1.165, 1.54) is 7.11 Å². The van der Waals surface area contributed by atoms with Crippen LogP contribution in [0.4, 0.5) is 0 Å². The normalized spacial score (nSPS) is 12.6. The molecular formula is C9H17NO3. The van der Waals surface area contributed by atoms with E-state index < -0.39 is 11.8 Å². The molecule has 0 aromatic carbocycles. The fourth-order valence-corrected chi connectivity index (χ4v) is 1.15. The Labute approximate surface area is 78.4 Å². The molecule has 0 bridgehead atoms. The molecule has 0 aliphatic heterocycles. The summed E-state index contributed by atoms with van der Waals surface area (Å²) in [6.45, 7) is 3.96. The summed E-state index contributed by atoms with van der Waals surface area (Å²) >= 11 is 0. The molecule has 0 aromatic rings. The smallest absolute Gasteiger partial charge is 0.306 e. The second kappa shape index (κ2) is 5.56. The molecule has 1 amide bonds. The molecule has 2 N–H and O–H groups in total. The molecule has 1 atom stereocenters. The van der Waals surface area contributed by atoms with Gasteiger partial charge in [-0.1, -0.05) is 13.8 Å². The maximum atomic E-state index is 10.9. The van der Waals surface area contributed by atoms with Crippen LogP contribution in [-0.4, -0.2) is 19.0 Å². The van der Waals surface area contributed by atoms with Crippen LogP contribution in [0.5, 0.6) is 0 Å². The highest BCUT2D eigenvalue weighted by atomic mass is 16.5. The molecule has 4 nitrogen and oxygen atoms in total. The van der Waals surface area contributed by atoms with Crippen molar-refractivity contribution >= 4 is 11.9 Å². The molecule has 0 fully saturated rings. The van der Waals surface area contributed by atoms with Gasteiger partial charge in [0, 0.05) is 5.92 Å². The van der Waals surface area contributed by atoms with Crippen LogP contribution in [0, 0.1) is 11.8 Å². The van der Waals surface area contributed by atoms with E-state index in [9.17, 15) is 9.59 Å². The summed E-state index contributed by atoms with van der Waals surface area (Å²) in [5, 5.41) is 0. The van der Waals surface area contributed by atoms with E-state index in [1.807, 2.05) is 13.8 Å². The van der Waals surface area contributed by atoms with Crippen molar-refractivity contribution < 1.29 is 14.3 Å². The number of esters is 1. The summed E-state index contributed by atoms with van der Waals surface area (Å²) < 4.78 is 4.47. The average molecular weight is 187 g/mol. The summed E-state index contributed by atoms with van der Waals surface area (Å²) in [7, 11) is 1.30. The molecule has 13 heavy (non-hydrogen) atoms. The predicted octanol–water partition coefficient (Wildman–Crippen LogP) is 0.697. The van der Waals surface area contributed by atoms with E-state index in [0.29, 0.717) is 12.3 Å². The van der Waals surface area contributed by atoms with Crippen LogP contribution in [0.15, 0.2) is 0 Å². The lowest BCUT2D eigenvalue weighted by atomic mass is 9.94. The Hall–Kier alpha value is -1.06. The molecule has 0 heterocycles. The lowest BCUT2D eigenvalue weighted by molar-refractivity contribution is -0.144. The monoisotopic (exact) mass is 187 g/mol. The van der Waals surface area contributed by atoms with Crippen LogP contribution in [0.2, 0.25) is 0 Å². The Morgan fingerprint density at radius 1 is 1.38 bits per heavy atom. The number of primary amides is 1. The van der Waals surface area contributed by atoms with Crippen molar-refractivity contribution in [3.05, 3.63) is 0 Å². The molecule has 0 saturated carbocycles. The number of nitrogens with two attached hydrogens (primary N) is 1. The number of carbonyl (C=O) groups excluding carboxylic acids is 2. The highest BCUT2D eigenvalue weighted by molar-refractivity contribution is 5.82. The van der Waals surface area contributed by atoms with Crippen LogP contribution in [0.1, 0.15) is 26.7 Å². The van der Waals surface area contributed by atoms with E-state index in [2.05, 4.69) is 4.74 Å². The minimum absolute atomic E-state index is 0.0873. The fourth-order valence-electron chi connectivity index (χ4n) is 1.15. The molecule has 0 saturated heterocycles. The highest BCUT2D eigenvalue weighted by Crippen LogP contribution is 2.15. The quantitative estimate of drug-likeness (QED) is 0.644. The van der Waals surface area contributed by atoms with Gasteiger partial charge in [-0.2, -0.15) is 0 Å². The lowest BCUT2D eigenvalue weighted by Gasteiger charge is -2.13. The maximum absolute atomic E-state index is 10.9. The first-order valence-corrected chi connectivity index (χ1v) is 4.33. The molecule has 0 radical (unpaired) electrons. The Bertz CT molecular complexity index is 189. The van der Waals surface area contributed by atoms with Gasteiger partial charge in [0.15, 0.2) is 0 Å². The molecule has 0 aromatic heterocycles. The Balaban J connectivity index is 4.10. The molecule has 76 valence electrons. The van der Waals surface area contributed by atoms with E-state index in [4.69, 9.17) is 5.73 Å². The number of rotatable bonds is 5. The van der Waals surface area contributed by atoms with Crippen molar-refractivity contribution in [2.45, 2.75) is 26.7 Å². The fraction of sp³-hybridized carbons (Fsp3) is 0.778. The SMILES string of the molecule is COC(=O)C[C@@H](CC(C)C)C(N)=O. The van der Waals surface area contributed by atoms with Gasteiger partial charge in [-0.15, -0.1) is 0 Å². The van der Waals surface area contributed by atoms with Gasteiger partial charge in [0.2, 0.25) is 5.91 Å². The van der Waals surface area contributed by atoms with Crippen molar-refractivity contribution in [3.8, 4) is 0 Å². The largest absolute Gasteiger partial charge is 0.469 e. The van der Waals surface area contributed by atoms with E-state index >= 15 is 0 Å². The van der Waals surface area contributed by atoms with Crippen LogP contribution in [0.25, 0.3) is 0 Å². The number of ether oxygens (including phenoxy) is 1. The Morgan fingerprint density at radius 3 is 2.23 bits per heavy atom. The van der Waals surface area contributed by atoms with E-state index in [0.717, 1.165) is 0 Å². The molecule has 0 aliphatic rings. The van der Waals surface area contributed by atoms with Crippen molar-refractivity contribution in [1.82, 2.24) is 0 Å². The van der Waals surface area contributed by atoms with Crippen LogP contribution < -0.4 is 5.73 Å². The highest BCUT2D eigenvalue weighted by Gasteiger charge is 2.20. The molecule has 4 heteroatoms. The van der Waals surface area contributed by atoms with Crippen LogP contribution in [-0.2, 0) is 14.3 Å². The summed E-state index contributed by atoms with van der Waals surface area (Å²) in [6, 6.07) is 0. The number of hydrogen-bond donors (Lipinski definition) is 1. The van der Waals surface area contributed by atoms with E-state index in [1.54, 1.807) is 0 Å². The molecule has 0 spiro atoms. The van der Waals surface area contributed by atoms with Crippen molar-refractivity contribution in [2.75, 3.05) is 7.11 Å². The first-order chi connectivity index (χ1) is 5.97. The van der Waals surface area contributed by atoms with Gasteiger partial charge in [0.1, 0.15) is 0 Å². The standard InChI is InChI=1S/C9H17NO3/c1-6(2)4-7(9(10)12)5-8(11)13-3/h6-7H,4-5H2,1-3H3,(H2,10,12)/t7-/m1/s1. The average Bonchev–Trinajstić information content (AvgIpc) is 2.02. The number of amides is 1. The zero-order valence-corrected chi connectivity index (χ0v) is 8.37. The molecular weight excluding hydrogens is 170 g/mol. The number of methoxy groups -OCH3 is 1. The maximum Gasteiger partial charge on any atom is 0.306 e. The second-order valence-electron chi connectivity index (χ2n) is 3.51. The zero-order valence-electron chi connectivity index (χ0n) is 8.37. The second-order valence-corrected chi connectivity index (χ2v) is 3.51. The summed E-state index contributed by atoms with van der Waals surface area (Å²) in [5.74, 6) is -0.863. The summed E-state index contributed by atoms with van der Waals surface area (Å²) in [5.41, 5.74) is 5.14. The van der Waals surface area contributed by atoms with Gasteiger partial charge in [-0.05, 0) is 12.3 Å². The Kier molecular flexibility index (Phi) is 5.11. The molecule has 0 rings (SSSR count).